The van der Waals surface area contributed by atoms with Crippen LogP contribution < -0.4 is 9.47 Å². The molecule has 2 unspecified atom stereocenters. The van der Waals surface area contributed by atoms with Gasteiger partial charge in [0, 0.05) is 0 Å². The van der Waals surface area contributed by atoms with Gasteiger partial charge in [-0.3, -0.25) is 9.69 Å². The van der Waals surface area contributed by atoms with Crippen molar-refractivity contribution in [1.29, 1.82) is 0 Å². The average molecular weight is 508 g/mol. The first-order valence-electron chi connectivity index (χ1n) is 12.3. The highest BCUT2D eigenvalue weighted by molar-refractivity contribution is 8.26. The number of unbranched alkanes of at least 4 members (excludes halogenated alkanes) is 4. The molecule has 1 aliphatic rings. The van der Waals surface area contributed by atoms with E-state index in [0.717, 1.165) is 30.2 Å². The molecule has 2 rings (SSSR count). The zero-order chi connectivity index (χ0) is 25.1. The van der Waals surface area contributed by atoms with Crippen molar-refractivity contribution in [2.45, 2.75) is 91.2 Å². The average Bonchev–Trinajstić information content (AvgIpc) is 3.06. The lowest BCUT2D eigenvalue weighted by Gasteiger charge is -2.22. The Morgan fingerprint density at radius 2 is 1.85 bits per heavy atom. The van der Waals surface area contributed by atoms with Crippen molar-refractivity contribution < 1.29 is 24.2 Å². The minimum absolute atomic E-state index is 0.0782. The van der Waals surface area contributed by atoms with E-state index in [9.17, 15) is 14.7 Å². The van der Waals surface area contributed by atoms with Crippen LogP contribution in [-0.4, -0.2) is 45.0 Å². The Morgan fingerprint density at radius 3 is 2.50 bits per heavy atom. The highest BCUT2D eigenvalue weighted by atomic mass is 32.2. The van der Waals surface area contributed by atoms with Crippen LogP contribution in [0, 0.1) is 0 Å². The van der Waals surface area contributed by atoms with Crippen LogP contribution in [0.2, 0.25) is 0 Å². The molecule has 1 amide bonds. The molecule has 1 aromatic rings. The number of carboxylic acid groups (broad SMARTS) is 1. The van der Waals surface area contributed by atoms with Crippen LogP contribution in [0.4, 0.5) is 0 Å². The third kappa shape index (κ3) is 8.01. The third-order valence-corrected chi connectivity index (χ3v) is 6.92. The highest BCUT2D eigenvalue weighted by Crippen LogP contribution is 2.37. The fourth-order valence-electron chi connectivity index (χ4n) is 3.83. The minimum Gasteiger partial charge on any atom is -0.490 e. The summed E-state index contributed by atoms with van der Waals surface area (Å²) in [5, 5.41) is 9.55. The SMILES string of the molecule is CCCCCCCC(C)Oc1ccc(/C=C2/SC(=S)N(C(CCC)C(=O)O)C2=O)cc1OCC. The molecule has 1 aliphatic heterocycles. The van der Waals surface area contributed by atoms with Gasteiger partial charge in [-0.1, -0.05) is 76.0 Å². The number of thioether (sulfide) groups is 1. The summed E-state index contributed by atoms with van der Waals surface area (Å²) < 4.78 is 12.2. The van der Waals surface area contributed by atoms with Crippen LogP contribution in [0.1, 0.15) is 84.6 Å². The smallest absolute Gasteiger partial charge is 0.326 e. The Labute approximate surface area is 213 Å². The number of rotatable bonds is 15. The quantitative estimate of drug-likeness (QED) is 0.161. The van der Waals surface area contributed by atoms with E-state index < -0.39 is 12.0 Å². The number of nitrogens with zero attached hydrogens (tertiary/aromatic N) is 1. The third-order valence-electron chi connectivity index (χ3n) is 5.59. The van der Waals surface area contributed by atoms with Gasteiger partial charge in [0.15, 0.2) is 11.5 Å². The molecule has 1 heterocycles. The molecule has 0 spiro atoms. The van der Waals surface area contributed by atoms with E-state index in [2.05, 4.69) is 13.8 Å². The van der Waals surface area contributed by atoms with Crippen molar-refractivity contribution in [3.63, 3.8) is 0 Å². The lowest BCUT2D eigenvalue weighted by Crippen LogP contribution is -2.43. The molecule has 0 aromatic heterocycles. The number of hydrogen-bond acceptors (Lipinski definition) is 6. The van der Waals surface area contributed by atoms with Crippen molar-refractivity contribution >= 4 is 46.3 Å². The van der Waals surface area contributed by atoms with Crippen molar-refractivity contribution in [3.05, 3.63) is 28.7 Å². The topological polar surface area (TPSA) is 76.1 Å². The van der Waals surface area contributed by atoms with Gasteiger partial charge in [-0.05, 0) is 56.9 Å². The van der Waals surface area contributed by atoms with Crippen LogP contribution in [0.3, 0.4) is 0 Å². The van der Waals surface area contributed by atoms with Gasteiger partial charge in [0.1, 0.15) is 10.4 Å². The maximum absolute atomic E-state index is 13.0. The monoisotopic (exact) mass is 507 g/mol. The first-order valence-corrected chi connectivity index (χ1v) is 13.5. The summed E-state index contributed by atoms with van der Waals surface area (Å²) in [7, 11) is 0. The number of carbonyl (C=O) groups excluding carboxylic acids is 1. The molecule has 1 aromatic carbocycles. The zero-order valence-electron chi connectivity index (χ0n) is 20.7. The molecule has 0 bridgehead atoms. The molecule has 1 fully saturated rings. The molecule has 188 valence electrons. The maximum Gasteiger partial charge on any atom is 0.326 e. The van der Waals surface area contributed by atoms with Crippen LogP contribution in [0.25, 0.3) is 6.08 Å². The van der Waals surface area contributed by atoms with E-state index >= 15 is 0 Å². The summed E-state index contributed by atoms with van der Waals surface area (Å²) in [6.45, 7) is 8.58. The maximum atomic E-state index is 13.0. The van der Waals surface area contributed by atoms with E-state index in [0.29, 0.717) is 35.9 Å². The fraction of sp³-hybridized carbons (Fsp3) is 0.577. The highest BCUT2D eigenvalue weighted by Gasteiger charge is 2.40. The number of ether oxygens (including phenoxy) is 2. The summed E-state index contributed by atoms with van der Waals surface area (Å²) in [4.78, 5) is 26.3. The Morgan fingerprint density at radius 1 is 1.12 bits per heavy atom. The summed E-state index contributed by atoms with van der Waals surface area (Å²) >= 11 is 6.46. The van der Waals surface area contributed by atoms with Crippen LogP contribution in [0.15, 0.2) is 23.1 Å². The van der Waals surface area contributed by atoms with E-state index in [4.69, 9.17) is 21.7 Å². The Kier molecular flexibility index (Phi) is 11.9. The van der Waals surface area contributed by atoms with E-state index in [1.165, 1.54) is 30.6 Å². The van der Waals surface area contributed by atoms with Gasteiger partial charge in [-0.2, -0.15) is 0 Å². The van der Waals surface area contributed by atoms with E-state index in [1.54, 1.807) is 6.08 Å². The number of amides is 1. The fourth-order valence-corrected chi connectivity index (χ4v) is 5.18. The van der Waals surface area contributed by atoms with Crippen LogP contribution >= 0.6 is 24.0 Å². The number of carboxylic acids is 1. The van der Waals surface area contributed by atoms with E-state index in [1.807, 2.05) is 32.0 Å². The van der Waals surface area contributed by atoms with Gasteiger partial charge < -0.3 is 14.6 Å². The summed E-state index contributed by atoms with van der Waals surface area (Å²) in [6.07, 6.45) is 9.93. The predicted molar refractivity (Wildman–Crippen MR) is 142 cm³/mol. The molecular weight excluding hydrogens is 470 g/mol. The molecular formula is C26H37NO5S2. The Hall–Kier alpha value is -2.06. The molecule has 0 aliphatic carbocycles. The van der Waals surface area contributed by atoms with Gasteiger partial charge >= 0.3 is 5.97 Å². The molecule has 1 saturated heterocycles. The molecule has 0 saturated carbocycles. The molecule has 8 heteroatoms. The first kappa shape index (κ1) is 28.2. The minimum atomic E-state index is -1.04. The van der Waals surface area contributed by atoms with Crippen LogP contribution in [-0.2, 0) is 9.59 Å². The summed E-state index contributed by atoms with van der Waals surface area (Å²) in [5.74, 6) is -0.106. The normalized spacial score (nSPS) is 16.7. The lowest BCUT2D eigenvalue weighted by molar-refractivity contribution is -0.145. The number of thiocarbonyl (C=S) groups is 1. The van der Waals surface area contributed by atoms with E-state index in [-0.39, 0.29) is 16.3 Å². The van der Waals surface area contributed by atoms with Crippen molar-refractivity contribution in [2.75, 3.05) is 6.61 Å². The van der Waals surface area contributed by atoms with Gasteiger partial charge in [-0.15, -0.1) is 0 Å². The predicted octanol–water partition coefficient (Wildman–Crippen LogP) is 6.67. The molecule has 2 atom stereocenters. The lowest BCUT2D eigenvalue weighted by atomic mass is 10.1. The molecule has 34 heavy (non-hydrogen) atoms. The molecule has 6 nitrogen and oxygen atoms in total. The van der Waals surface area contributed by atoms with Crippen molar-refractivity contribution in [3.8, 4) is 11.5 Å². The number of aliphatic carboxylic acids is 1. The number of carbonyl (C=O) groups is 2. The number of benzene rings is 1. The summed E-state index contributed by atoms with van der Waals surface area (Å²) in [6, 6.07) is 4.64. The second-order valence-electron chi connectivity index (χ2n) is 8.46. The summed E-state index contributed by atoms with van der Waals surface area (Å²) in [5.41, 5.74) is 0.769. The van der Waals surface area contributed by atoms with Gasteiger partial charge in [0.25, 0.3) is 5.91 Å². The largest absolute Gasteiger partial charge is 0.490 e. The first-order chi connectivity index (χ1) is 16.3. The second kappa shape index (κ2) is 14.4. The number of hydrogen-bond donors (Lipinski definition) is 1. The Balaban J connectivity index is 2.14. The van der Waals surface area contributed by atoms with Gasteiger partial charge in [0.05, 0.1) is 17.6 Å². The van der Waals surface area contributed by atoms with Crippen molar-refractivity contribution in [2.24, 2.45) is 0 Å². The van der Waals surface area contributed by atoms with Crippen molar-refractivity contribution in [1.82, 2.24) is 4.90 Å². The zero-order valence-corrected chi connectivity index (χ0v) is 22.3. The van der Waals surface area contributed by atoms with Crippen LogP contribution in [0.5, 0.6) is 11.5 Å². The van der Waals surface area contributed by atoms with Gasteiger partial charge in [-0.25, -0.2) is 4.79 Å². The van der Waals surface area contributed by atoms with Gasteiger partial charge in [0.2, 0.25) is 0 Å². The molecule has 0 radical (unpaired) electrons. The molecule has 1 N–H and O–H groups in total. The Bertz CT molecular complexity index is 886. The second-order valence-corrected chi connectivity index (χ2v) is 10.1. The standard InChI is InChI=1S/C26H37NO5S2/c1-5-8-9-10-11-13-18(4)32-21-15-14-19(16-22(21)31-7-3)17-23-24(28)27(26(33)34-23)20(12-6-2)25(29)30/h14-18,20H,5-13H2,1-4H3,(H,29,30)/b23-17+.